The van der Waals surface area contributed by atoms with Crippen molar-refractivity contribution in [1.82, 2.24) is 4.31 Å². The Kier molecular flexibility index (Phi) is 3.45. The van der Waals surface area contributed by atoms with Crippen molar-refractivity contribution in [2.75, 3.05) is 25.5 Å². The SMILES string of the molecule is COc1ccc2c(c1)C1(CCN(S(=O)(=O)c3cccs3)C1)C(=O)N2. The Morgan fingerprint density at radius 3 is 2.88 bits per heavy atom. The highest BCUT2D eigenvalue weighted by Crippen LogP contribution is 2.46. The molecule has 3 heterocycles. The molecule has 0 radical (unpaired) electrons. The molecule has 1 atom stereocenters. The number of amides is 1. The molecule has 1 unspecified atom stereocenters. The van der Waals surface area contributed by atoms with Crippen LogP contribution in [0.5, 0.6) is 5.75 Å². The van der Waals surface area contributed by atoms with Crippen LogP contribution in [0, 0.1) is 0 Å². The molecule has 8 heteroatoms. The van der Waals surface area contributed by atoms with Crippen molar-refractivity contribution in [2.24, 2.45) is 0 Å². The Morgan fingerprint density at radius 2 is 2.17 bits per heavy atom. The number of benzene rings is 1. The lowest BCUT2D eigenvalue weighted by atomic mass is 9.81. The maximum atomic E-state index is 12.8. The second-order valence-electron chi connectivity index (χ2n) is 5.97. The lowest BCUT2D eigenvalue weighted by Crippen LogP contribution is -2.39. The van der Waals surface area contributed by atoms with Gasteiger partial charge in [-0.1, -0.05) is 6.07 Å². The number of ether oxygens (including phenoxy) is 1. The second kappa shape index (κ2) is 5.30. The number of carbonyl (C=O) groups excluding carboxylic acids is 1. The summed E-state index contributed by atoms with van der Waals surface area (Å²) in [6.45, 7) is 0.476. The van der Waals surface area contributed by atoms with E-state index in [0.717, 1.165) is 11.3 Å². The van der Waals surface area contributed by atoms with Crippen LogP contribution in [0.4, 0.5) is 5.69 Å². The van der Waals surface area contributed by atoms with E-state index in [2.05, 4.69) is 5.32 Å². The summed E-state index contributed by atoms with van der Waals surface area (Å²) < 4.78 is 32.5. The predicted octanol–water partition coefficient (Wildman–Crippen LogP) is 2.04. The smallest absolute Gasteiger partial charge is 0.252 e. The summed E-state index contributed by atoms with van der Waals surface area (Å²) >= 11 is 1.19. The van der Waals surface area contributed by atoms with Crippen LogP contribution >= 0.6 is 11.3 Å². The number of thiophene rings is 1. The molecule has 1 amide bonds. The van der Waals surface area contributed by atoms with Gasteiger partial charge in [-0.2, -0.15) is 4.31 Å². The quantitative estimate of drug-likeness (QED) is 0.904. The van der Waals surface area contributed by atoms with E-state index in [1.165, 1.54) is 15.6 Å². The zero-order chi connectivity index (χ0) is 16.9. The normalized spacial score (nSPS) is 23.5. The summed E-state index contributed by atoms with van der Waals surface area (Å²) in [6.07, 6.45) is 0.462. The van der Waals surface area contributed by atoms with Crippen LogP contribution in [-0.2, 0) is 20.2 Å². The molecule has 1 spiro atoms. The molecule has 2 aliphatic heterocycles. The van der Waals surface area contributed by atoms with Gasteiger partial charge in [0.25, 0.3) is 10.0 Å². The predicted molar refractivity (Wildman–Crippen MR) is 91.0 cm³/mol. The van der Waals surface area contributed by atoms with Crippen LogP contribution in [0.3, 0.4) is 0 Å². The van der Waals surface area contributed by atoms with Crippen molar-refractivity contribution in [3.05, 3.63) is 41.3 Å². The molecule has 126 valence electrons. The van der Waals surface area contributed by atoms with Gasteiger partial charge in [-0.05, 0) is 41.6 Å². The van der Waals surface area contributed by atoms with Crippen molar-refractivity contribution >= 4 is 33.0 Å². The first kappa shape index (κ1) is 15.6. The van der Waals surface area contributed by atoms with E-state index >= 15 is 0 Å². The summed E-state index contributed by atoms with van der Waals surface area (Å²) in [5.41, 5.74) is 0.709. The average molecular weight is 364 g/mol. The number of carbonyl (C=O) groups is 1. The van der Waals surface area contributed by atoms with Crippen molar-refractivity contribution in [3.8, 4) is 5.75 Å². The minimum Gasteiger partial charge on any atom is -0.497 e. The average Bonchev–Trinajstić information content (AvgIpc) is 3.30. The van der Waals surface area contributed by atoms with Gasteiger partial charge in [0.05, 0.1) is 12.5 Å². The maximum Gasteiger partial charge on any atom is 0.252 e. The van der Waals surface area contributed by atoms with Crippen LogP contribution in [-0.4, -0.2) is 38.8 Å². The van der Waals surface area contributed by atoms with Gasteiger partial charge in [0.1, 0.15) is 9.96 Å². The van der Waals surface area contributed by atoms with Gasteiger partial charge in [0.15, 0.2) is 0 Å². The van der Waals surface area contributed by atoms with Gasteiger partial charge >= 0.3 is 0 Å². The molecule has 2 aromatic rings. The first-order chi connectivity index (χ1) is 11.5. The lowest BCUT2D eigenvalue weighted by Gasteiger charge is -2.22. The lowest BCUT2D eigenvalue weighted by molar-refractivity contribution is -0.120. The highest BCUT2D eigenvalue weighted by atomic mass is 32.2. The third-order valence-electron chi connectivity index (χ3n) is 4.75. The topological polar surface area (TPSA) is 75.7 Å². The number of fused-ring (bicyclic) bond motifs is 2. The van der Waals surface area contributed by atoms with E-state index in [9.17, 15) is 13.2 Å². The number of nitrogens with zero attached hydrogens (tertiary/aromatic N) is 1. The van der Waals surface area contributed by atoms with Gasteiger partial charge in [-0.3, -0.25) is 4.79 Å². The summed E-state index contributed by atoms with van der Waals surface area (Å²) in [7, 11) is -1.99. The molecule has 4 rings (SSSR count). The van der Waals surface area contributed by atoms with Gasteiger partial charge in [-0.15, -0.1) is 11.3 Å². The van der Waals surface area contributed by atoms with Crippen LogP contribution < -0.4 is 10.1 Å². The number of nitrogens with one attached hydrogen (secondary N) is 1. The fourth-order valence-electron chi connectivity index (χ4n) is 3.44. The van der Waals surface area contributed by atoms with Crippen LogP contribution in [0.15, 0.2) is 39.9 Å². The van der Waals surface area contributed by atoms with E-state index in [1.807, 2.05) is 6.07 Å². The molecular formula is C16H16N2O4S2. The zero-order valence-electron chi connectivity index (χ0n) is 13.0. The summed E-state index contributed by atoms with van der Waals surface area (Å²) in [5, 5.41) is 4.61. The van der Waals surface area contributed by atoms with E-state index in [4.69, 9.17) is 4.74 Å². The Labute approximate surface area is 144 Å². The van der Waals surface area contributed by atoms with Crippen molar-refractivity contribution in [1.29, 1.82) is 0 Å². The third kappa shape index (κ3) is 2.10. The van der Waals surface area contributed by atoms with Crippen molar-refractivity contribution < 1.29 is 17.9 Å². The number of hydrogen-bond acceptors (Lipinski definition) is 5. The molecule has 1 N–H and O–H groups in total. The van der Waals surface area contributed by atoms with Gasteiger partial charge < -0.3 is 10.1 Å². The van der Waals surface area contributed by atoms with Crippen LogP contribution in [0.2, 0.25) is 0 Å². The largest absolute Gasteiger partial charge is 0.497 e. The number of hydrogen-bond donors (Lipinski definition) is 1. The molecule has 0 saturated carbocycles. The Hall–Kier alpha value is -1.90. The third-order valence-corrected chi connectivity index (χ3v) is 7.97. The number of sulfonamides is 1. The zero-order valence-corrected chi connectivity index (χ0v) is 14.6. The molecule has 1 saturated heterocycles. The van der Waals surface area contributed by atoms with Gasteiger partial charge in [0, 0.05) is 18.8 Å². The van der Waals surface area contributed by atoms with E-state index in [-0.39, 0.29) is 12.5 Å². The van der Waals surface area contributed by atoms with E-state index in [1.54, 1.807) is 36.8 Å². The summed E-state index contributed by atoms with van der Waals surface area (Å²) in [4.78, 5) is 12.6. The van der Waals surface area contributed by atoms with Crippen molar-refractivity contribution in [2.45, 2.75) is 16.0 Å². The summed E-state index contributed by atoms with van der Waals surface area (Å²) in [5.74, 6) is 0.513. The number of anilines is 1. The Morgan fingerprint density at radius 1 is 1.33 bits per heavy atom. The van der Waals surface area contributed by atoms with Gasteiger partial charge in [0.2, 0.25) is 5.91 Å². The highest BCUT2D eigenvalue weighted by Gasteiger charge is 2.53. The number of rotatable bonds is 3. The fraction of sp³-hybridized carbons (Fsp3) is 0.312. The monoisotopic (exact) mass is 364 g/mol. The standard InChI is InChI=1S/C16H16N2O4S2/c1-22-11-4-5-13-12(9-11)16(15(19)17-13)6-7-18(10-16)24(20,21)14-3-2-8-23-14/h2-5,8-9H,6-7,10H2,1H3,(H,17,19). The van der Waals surface area contributed by atoms with Crippen LogP contribution in [0.1, 0.15) is 12.0 Å². The molecule has 1 fully saturated rings. The Bertz CT molecular complexity index is 908. The molecular weight excluding hydrogens is 348 g/mol. The minimum atomic E-state index is -3.56. The van der Waals surface area contributed by atoms with E-state index < -0.39 is 15.4 Å². The molecule has 0 aliphatic carbocycles. The maximum absolute atomic E-state index is 12.8. The molecule has 1 aromatic heterocycles. The first-order valence-electron chi connectivity index (χ1n) is 7.51. The minimum absolute atomic E-state index is 0.144. The molecule has 2 aliphatic rings. The van der Waals surface area contributed by atoms with E-state index in [0.29, 0.717) is 22.9 Å². The fourth-order valence-corrected chi connectivity index (χ4v) is 6.09. The first-order valence-corrected chi connectivity index (χ1v) is 9.83. The molecule has 6 nitrogen and oxygen atoms in total. The highest BCUT2D eigenvalue weighted by molar-refractivity contribution is 7.91. The molecule has 0 bridgehead atoms. The van der Waals surface area contributed by atoms with Crippen LogP contribution in [0.25, 0.3) is 0 Å². The van der Waals surface area contributed by atoms with Gasteiger partial charge in [-0.25, -0.2) is 8.42 Å². The second-order valence-corrected chi connectivity index (χ2v) is 9.08. The van der Waals surface area contributed by atoms with Crippen molar-refractivity contribution in [3.63, 3.8) is 0 Å². The Balaban J connectivity index is 1.73. The summed E-state index contributed by atoms with van der Waals surface area (Å²) in [6, 6.07) is 8.72. The molecule has 1 aromatic carbocycles. The number of methoxy groups -OCH3 is 1. The molecule has 24 heavy (non-hydrogen) atoms.